The fraction of sp³-hybridized carbons (Fsp3) is 0.972. The zero-order chi connectivity index (χ0) is 41.0. The minimum absolute atomic E-state index is 0.122. The summed E-state index contributed by atoms with van der Waals surface area (Å²) in [5.74, 6) is -2.52. The third kappa shape index (κ3) is 18.2. The predicted octanol–water partition coefficient (Wildman–Crippen LogP) is 0.117. The molecule has 0 bridgehead atoms. The van der Waals surface area contributed by atoms with Gasteiger partial charge in [-0.05, 0) is 19.3 Å². The number of hydrogen-bond acceptors (Lipinski definition) is 17. The van der Waals surface area contributed by atoms with Gasteiger partial charge in [-0.3, -0.25) is 4.79 Å². The Morgan fingerprint density at radius 2 is 1.09 bits per heavy atom. The van der Waals surface area contributed by atoms with Crippen LogP contribution < -0.4 is 0 Å². The second-order valence-corrected chi connectivity index (χ2v) is 19.3. The van der Waals surface area contributed by atoms with Crippen molar-refractivity contribution in [1.82, 2.24) is 0 Å². The van der Waals surface area contributed by atoms with Gasteiger partial charge in [0.1, 0.15) is 48.8 Å². The third-order valence-electron chi connectivity index (χ3n) is 10.1. The van der Waals surface area contributed by atoms with Gasteiger partial charge < -0.3 is 59.4 Å². The number of hydrogen-bond donors (Lipinski definition) is 7. The summed E-state index contributed by atoms with van der Waals surface area (Å²) in [5, 5.41) is 72.0. The zero-order valence-electron chi connectivity index (χ0n) is 32.4. The fourth-order valence-electron chi connectivity index (χ4n) is 6.81. The summed E-state index contributed by atoms with van der Waals surface area (Å²) >= 11 is 0. The maximum Gasteiger partial charge on any atom is 0.305 e. The summed E-state index contributed by atoms with van der Waals surface area (Å²) in [4.78, 5) is 11.2. The molecule has 17 nitrogen and oxygen atoms in total. The van der Waals surface area contributed by atoms with Crippen LogP contribution in [-0.4, -0.2) is 170 Å². The highest BCUT2D eigenvalue weighted by molar-refractivity contribution is 7.92. The van der Waals surface area contributed by atoms with Gasteiger partial charge in [-0.1, -0.05) is 77.6 Å². The van der Waals surface area contributed by atoms with Crippen molar-refractivity contribution in [3.63, 3.8) is 0 Å². The number of methoxy groups -OCH3 is 1. The highest BCUT2D eigenvalue weighted by atomic mass is 32.2. The van der Waals surface area contributed by atoms with Crippen LogP contribution in [0.1, 0.15) is 103 Å². The van der Waals surface area contributed by atoms with Crippen LogP contribution in [-0.2, 0) is 48.2 Å². The normalized spacial score (nSPS) is 29.6. The minimum Gasteiger partial charge on any atom is -0.469 e. The number of ether oxygens (including phenoxy) is 5. The molecule has 19 heteroatoms. The zero-order valence-corrected chi connectivity index (χ0v) is 34.1. The third-order valence-corrected chi connectivity index (χ3v) is 13.8. The van der Waals surface area contributed by atoms with E-state index in [1.807, 2.05) is 0 Å². The highest BCUT2D eigenvalue weighted by Crippen LogP contribution is 2.30. The number of sulfone groups is 2. The molecule has 0 aromatic heterocycles. The van der Waals surface area contributed by atoms with Crippen molar-refractivity contribution in [3.8, 4) is 0 Å². The van der Waals surface area contributed by atoms with Gasteiger partial charge in [0.15, 0.2) is 32.3 Å². The first kappa shape index (κ1) is 50.1. The molecule has 0 radical (unpaired) electrons. The molecule has 2 aliphatic rings. The molecule has 0 spiro atoms. The van der Waals surface area contributed by atoms with E-state index in [9.17, 15) is 57.4 Å². The van der Waals surface area contributed by atoms with E-state index in [1.165, 1.54) is 7.11 Å². The summed E-state index contributed by atoms with van der Waals surface area (Å²) in [6, 6.07) is 0. The van der Waals surface area contributed by atoms with Gasteiger partial charge in [-0.2, -0.15) is 0 Å². The maximum atomic E-state index is 13.2. The van der Waals surface area contributed by atoms with E-state index in [0.717, 1.165) is 70.6 Å². The Morgan fingerprint density at radius 3 is 1.60 bits per heavy atom. The molecule has 0 aromatic rings. The Kier molecular flexibility index (Phi) is 23.8. The molecule has 0 saturated carbocycles. The molecule has 2 rings (SSSR count). The molecule has 0 amide bonds. The molecular formula is C36H68O17S2. The number of esters is 1. The van der Waals surface area contributed by atoms with E-state index in [4.69, 9.17) is 18.9 Å². The molecule has 1 unspecified atom stereocenters. The monoisotopic (exact) mass is 836 g/mol. The lowest BCUT2D eigenvalue weighted by molar-refractivity contribution is -0.359. The SMILES string of the molecule is CCCCCCCCS(=O)(=O)CC(CO[C@H]1O[C@H](CO)[C@@H](O[C@@H]2O[C@H](CO)[C@H](O)[C@H](O)[C@H]2O)[C@H](O)[C@H]1O)CS(=O)(=O)CCCCCCCCCCC(=O)OC. The first-order valence-corrected chi connectivity index (χ1v) is 23.4. The lowest BCUT2D eigenvalue weighted by Crippen LogP contribution is -2.64. The number of carbonyl (C=O) groups excluding carboxylic acids is 1. The van der Waals surface area contributed by atoms with Gasteiger partial charge in [0, 0.05) is 12.3 Å². The largest absolute Gasteiger partial charge is 0.469 e. The minimum atomic E-state index is -3.74. The number of aliphatic hydroxyl groups excluding tert-OH is 7. The molecular weight excluding hydrogens is 769 g/mol. The second kappa shape index (κ2) is 26.1. The van der Waals surface area contributed by atoms with E-state index in [0.29, 0.717) is 25.7 Å². The van der Waals surface area contributed by atoms with Crippen LogP contribution in [0.4, 0.5) is 0 Å². The van der Waals surface area contributed by atoms with Gasteiger partial charge in [-0.25, -0.2) is 16.8 Å². The number of unbranched alkanes of at least 4 members (excludes halogenated alkanes) is 12. The summed E-state index contributed by atoms with van der Waals surface area (Å²) < 4.78 is 79.8. The Bertz CT molecular complexity index is 1260. The summed E-state index contributed by atoms with van der Waals surface area (Å²) in [6.07, 6.45) is -4.70. The van der Waals surface area contributed by atoms with Crippen molar-refractivity contribution >= 4 is 25.6 Å². The van der Waals surface area contributed by atoms with Crippen molar-refractivity contribution in [3.05, 3.63) is 0 Å². The summed E-state index contributed by atoms with van der Waals surface area (Å²) in [7, 11) is -6.08. The molecule has 2 fully saturated rings. The predicted molar refractivity (Wildman–Crippen MR) is 200 cm³/mol. The lowest BCUT2D eigenvalue weighted by Gasteiger charge is -2.46. The summed E-state index contributed by atoms with van der Waals surface area (Å²) in [5.41, 5.74) is 0. The van der Waals surface area contributed by atoms with Crippen LogP contribution in [0.3, 0.4) is 0 Å². The fourth-order valence-corrected chi connectivity index (χ4v) is 10.4. The first-order valence-electron chi connectivity index (χ1n) is 19.8. The van der Waals surface area contributed by atoms with Crippen molar-refractivity contribution in [1.29, 1.82) is 0 Å². The van der Waals surface area contributed by atoms with Gasteiger partial charge in [0.2, 0.25) is 0 Å². The summed E-state index contributed by atoms with van der Waals surface area (Å²) in [6.45, 7) is 0.0597. The average molecular weight is 837 g/mol. The number of carbonyl (C=O) groups is 1. The Labute approximate surface area is 326 Å². The van der Waals surface area contributed by atoms with Crippen LogP contribution >= 0.6 is 0 Å². The van der Waals surface area contributed by atoms with Crippen LogP contribution in [0, 0.1) is 5.92 Å². The number of rotatable bonds is 29. The van der Waals surface area contributed by atoms with Crippen molar-refractivity contribution < 1.29 is 81.1 Å². The van der Waals surface area contributed by atoms with E-state index < -0.39 is 118 Å². The molecule has 0 aromatic carbocycles. The molecule has 7 N–H and O–H groups in total. The topological polar surface area (TPSA) is 273 Å². The van der Waals surface area contributed by atoms with E-state index >= 15 is 0 Å². The van der Waals surface area contributed by atoms with E-state index in [1.54, 1.807) is 0 Å². The van der Waals surface area contributed by atoms with Gasteiger partial charge >= 0.3 is 5.97 Å². The molecule has 2 saturated heterocycles. The molecule has 2 aliphatic heterocycles. The maximum absolute atomic E-state index is 13.2. The lowest BCUT2D eigenvalue weighted by atomic mass is 9.97. The molecule has 55 heavy (non-hydrogen) atoms. The quantitative estimate of drug-likeness (QED) is 0.0389. The van der Waals surface area contributed by atoms with Crippen molar-refractivity contribution in [2.24, 2.45) is 5.92 Å². The molecule has 11 atom stereocenters. The van der Waals surface area contributed by atoms with Crippen LogP contribution in [0.5, 0.6) is 0 Å². The smallest absolute Gasteiger partial charge is 0.305 e. The van der Waals surface area contributed by atoms with Crippen LogP contribution in [0.2, 0.25) is 0 Å². The second-order valence-electron chi connectivity index (χ2n) is 14.9. The Hall–Kier alpha value is -1.07. The Morgan fingerprint density at radius 1 is 0.618 bits per heavy atom. The van der Waals surface area contributed by atoms with Crippen LogP contribution in [0.15, 0.2) is 0 Å². The van der Waals surface area contributed by atoms with Gasteiger partial charge in [0.05, 0.1) is 49.9 Å². The van der Waals surface area contributed by atoms with Gasteiger partial charge in [0.25, 0.3) is 0 Å². The molecule has 2 heterocycles. The van der Waals surface area contributed by atoms with Gasteiger partial charge in [-0.15, -0.1) is 0 Å². The Balaban J connectivity index is 2.01. The first-order chi connectivity index (χ1) is 26.1. The van der Waals surface area contributed by atoms with E-state index in [-0.39, 0.29) is 17.5 Å². The standard InChI is InChI=1S/C36H68O17S2/c1-3-4-5-6-12-15-18-54(45,46)23-25(24-55(47,48)19-16-13-10-8-7-9-11-14-17-28(39)49-2)22-50-35-33(44)31(42)34(27(21-38)52-35)53-36-32(43)30(41)29(40)26(20-37)51-36/h25-27,29-38,40-44H,3-24H2,1-2H3/t25?,26-,27-,29+,30+,31-,32-,33-,34-,35+,36+/m1/s1. The average Bonchev–Trinajstić information content (AvgIpc) is 3.14. The number of aliphatic hydroxyl groups is 7. The van der Waals surface area contributed by atoms with Crippen molar-refractivity contribution in [2.75, 3.05) is 49.9 Å². The highest BCUT2D eigenvalue weighted by Gasteiger charge is 2.51. The van der Waals surface area contributed by atoms with Crippen LogP contribution in [0.25, 0.3) is 0 Å². The molecule has 0 aliphatic carbocycles. The van der Waals surface area contributed by atoms with Crippen molar-refractivity contribution in [2.45, 2.75) is 165 Å². The molecule has 326 valence electrons. The van der Waals surface area contributed by atoms with E-state index in [2.05, 4.69) is 11.7 Å².